The van der Waals surface area contributed by atoms with E-state index >= 15 is 0 Å². The van der Waals surface area contributed by atoms with Crippen molar-refractivity contribution in [2.24, 2.45) is 0 Å². The molecular formula is C17H14Cl2N4O3. The Kier molecular flexibility index (Phi) is 5.70. The van der Waals surface area contributed by atoms with Crippen molar-refractivity contribution in [1.82, 2.24) is 15.1 Å². The van der Waals surface area contributed by atoms with Gasteiger partial charge < -0.3 is 14.6 Å². The van der Waals surface area contributed by atoms with Crippen LogP contribution in [-0.4, -0.2) is 21.0 Å². The van der Waals surface area contributed by atoms with Gasteiger partial charge in [-0.2, -0.15) is 4.98 Å². The summed E-state index contributed by atoms with van der Waals surface area (Å²) in [7, 11) is 0. The maximum Gasteiger partial charge on any atom is 0.238 e. The molecular weight excluding hydrogens is 379 g/mol. The van der Waals surface area contributed by atoms with E-state index < -0.39 is 0 Å². The van der Waals surface area contributed by atoms with E-state index in [1.54, 1.807) is 37.3 Å². The molecule has 0 saturated heterocycles. The fourth-order valence-corrected chi connectivity index (χ4v) is 2.50. The summed E-state index contributed by atoms with van der Waals surface area (Å²) in [6.45, 7) is 1.73. The Hall–Kier alpha value is -2.64. The normalized spacial score (nSPS) is 10.6. The van der Waals surface area contributed by atoms with Crippen molar-refractivity contribution in [1.29, 1.82) is 0 Å². The molecule has 1 amide bonds. The maximum absolute atomic E-state index is 12.0. The van der Waals surface area contributed by atoms with Crippen LogP contribution in [0.3, 0.4) is 0 Å². The third-order valence-corrected chi connectivity index (χ3v) is 3.74. The van der Waals surface area contributed by atoms with Gasteiger partial charge in [0, 0.05) is 24.7 Å². The molecule has 134 valence electrons. The van der Waals surface area contributed by atoms with Gasteiger partial charge in [-0.3, -0.25) is 4.79 Å². The second-order valence-corrected chi connectivity index (χ2v) is 6.19. The molecule has 0 radical (unpaired) electrons. The minimum atomic E-state index is -0.156. The lowest BCUT2D eigenvalue weighted by atomic mass is 10.2. The van der Waals surface area contributed by atoms with Gasteiger partial charge in [0.25, 0.3) is 0 Å². The highest BCUT2D eigenvalue weighted by Gasteiger charge is 2.09. The van der Waals surface area contributed by atoms with Crippen LogP contribution in [0.1, 0.15) is 18.1 Å². The summed E-state index contributed by atoms with van der Waals surface area (Å²) in [5, 5.41) is 7.20. The minimum Gasteiger partial charge on any atom is -0.438 e. The van der Waals surface area contributed by atoms with Crippen LogP contribution in [0.4, 0.5) is 5.69 Å². The molecule has 0 fully saturated rings. The summed E-state index contributed by atoms with van der Waals surface area (Å²) in [5.74, 6) is 1.61. The number of nitrogens with zero attached hydrogens (tertiary/aromatic N) is 3. The van der Waals surface area contributed by atoms with E-state index in [1.165, 1.54) is 6.20 Å². The quantitative estimate of drug-likeness (QED) is 0.666. The number of amides is 1. The van der Waals surface area contributed by atoms with Crippen molar-refractivity contribution < 1.29 is 14.1 Å². The van der Waals surface area contributed by atoms with Crippen molar-refractivity contribution in [2.45, 2.75) is 19.8 Å². The fourth-order valence-electron chi connectivity index (χ4n) is 2.08. The second kappa shape index (κ2) is 8.16. The molecule has 0 saturated carbocycles. The Balaban J connectivity index is 1.54. The van der Waals surface area contributed by atoms with Crippen LogP contribution in [0.2, 0.25) is 10.0 Å². The number of ether oxygens (including phenoxy) is 1. The predicted octanol–water partition coefficient (Wildman–Crippen LogP) is 4.44. The Morgan fingerprint density at radius 2 is 2.04 bits per heavy atom. The molecule has 7 nitrogen and oxygen atoms in total. The Morgan fingerprint density at radius 3 is 2.69 bits per heavy atom. The van der Waals surface area contributed by atoms with E-state index in [1.807, 2.05) is 0 Å². The van der Waals surface area contributed by atoms with Gasteiger partial charge in [0.15, 0.2) is 5.82 Å². The monoisotopic (exact) mass is 392 g/mol. The van der Waals surface area contributed by atoms with Gasteiger partial charge in [0.1, 0.15) is 10.8 Å². The number of benzene rings is 1. The highest BCUT2D eigenvalue weighted by Crippen LogP contribution is 2.29. The topological polar surface area (TPSA) is 90.1 Å². The third kappa shape index (κ3) is 4.93. The largest absolute Gasteiger partial charge is 0.438 e. The van der Waals surface area contributed by atoms with E-state index in [4.69, 9.17) is 32.5 Å². The number of hydrogen-bond acceptors (Lipinski definition) is 6. The van der Waals surface area contributed by atoms with Crippen molar-refractivity contribution in [2.75, 3.05) is 5.32 Å². The number of pyridine rings is 1. The summed E-state index contributed by atoms with van der Waals surface area (Å²) in [6.07, 6.45) is 2.07. The molecule has 26 heavy (non-hydrogen) atoms. The molecule has 3 rings (SSSR count). The van der Waals surface area contributed by atoms with Gasteiger partial charge in [-0.15, -0.1) is 0 Å². The maximum atomic E-state index is 12.0. The van der Waals surface area contributed by atoms with Crippen LogP contribution in [0.25, 0.3) is 0 Å². The first-order valence-corrected chi connectivity index (χ1v) is 8.43. The molecule has 2 aromatic heterocycles. The van der Waals surface area contributed by atoms with Gasteiger partial charge in [-0.25, -0.2) is 4.98 Å². The molecule has 3 aromatic rings. The summed E-state index contributed by atoms with van der Waals surface area (Å²) < 4.78 is 10.6. The molecule has 0 unspecified atom stereocenters. The van der Waals surface area contributed by atoms with E-state index in [2.05, 4.69) is 20.4 Å². The lowest BCUT2D eigenvalue weighted by molar-refractivity contribution is -0.116. The number of aromatic nitrogens is 3. The van der Waals surface area contributed by atoms with Gasteiger partial charge in [-0.1, -0.05) is 28.4 Å². The number of rotatable bonds is 6. The van der Waals surface area contributed by atoms with E-state index in [-0.39, 0.29) is 18.2 Å². The molecule has 0 aliphatic rings. The van der Waals surface area contributed by atoms with Gasteiger partial charge >= 0.3 is 0 Å². The van der Waals surface area contributed by atoms with Gasteiger partial charge in [0.2, 0.25) is 17.7 Å². The molecule has 0 bridgehead atoms. The van der Waals surface area contributed by atoms with Crippen molar-refractivity contribution in [3.63, 3.8) is 0 Å². The second-order valence-electron chi connectivity index (χ2n) is 5.35. The van der Waals surface area contributed by atoms with E-state index in [0.29, 0.717) is 39.6 Å². The number of aryl methyl sites for hydroxylation is 2. The lowest BCUT2D eigenvalue weighted by Gasteiger charge is -2.08. The lowest BCUT2D eigenvalue weighted by Crippen LogP contribution is -2.12. The summed E-state index contributed by atoms with van der Waals surface area (Å²) in [5.41, 5.74) is 0.638. The van der Waals surface area contributed by atoms with E-state index in [0.717, 1.165) is 0 Å². The first-order chi connectivity index (χ1) is 12.5. The summed E-state index contributed by atoms with van der Waals surface area (Å²) in [6, 6.07) is 8.37. The zero-order valence-corrected chi connectivity index (χ0v) is 15.2. The minimum absolute atomic E-state index is 0.156. The number of hydrogen-bond donors (Lipinski definition) is 1. The van der Waals surface area contributed by atoms with Gasteiger partial charge in [0.05, 0.1) is 5.02 Å². The number of anilines is 1. The Labute approximate surface area is 159 Å². The summed E-state index contributed by atoms with van der Waals surface area (Å²) in [4.78, 5) is 20.1. The smallest absolute Gasteiger partial charge is 0.238 e. The van der Waals surface area contributed by atoms with E-state index in [9.17, 15) is 4.79 Å². The van der Waals surface area contributed by atoms with Crippen LogP contribution in [-0.2, 0) is 11.2 Å². The molecule has 0 aliphatic heterocycles. The Bertz CT molecular complexity index is 913. The average Bonchev–Trinajstić information content (AvgIpc) is 3.03. The molecule has 0 atom stereocenters. The zero-order valence-electron chi connectivity index (χ0n) is 13.7. The number of halogens is 2. The number of carbonyl (C=O) groups is 1. The molecule has 9 heteroatoms. The molecule has 1 aromatic carbocycles. The van der Waals surface area contributed by atoms with Crippen LogP contribution in [0.15, 0.2) is 41.1 Å². The van der Waals surface area contributed by atoms with Crippen molar-refractivity contribution in [3.05, 3.63) is 58.3 Å². The standard InChI is InChI=1S/C17H14Cl2N4O3/c1-10-21-16(26-23-10)7-6-15(24)22-12-2-4-13(5-3-12)25-17-14(19)8-11(18)9-20-17/h2-5,8-9H,6-7H2,1H3,(H,22,24). The third-order valence-electron chi connectivity index (χ3n) is 3.26. The molecule has 0 aliphatic carbocycles. The molecule has 1 N–H and O–H groups in total. The van der Waals surface area contributed by atoms with Crippen molar-refractivity contribution in [3.8, 4) is 11.6 Å². The highest BCUT2D eigenvalue weighted by molar-refractivity contribution is 6.35. The molecule has 0 spiro atoms. The Morgan fingerprint density at radius 1 is 1.27 bits per heavy atom. The zero-order chi connectivity index (χ0) is 18.5. The van der Waals surface area contributed by atoms with Crippen LogP contribution in [0.5, 0.6) is 11.6 Å². The number of carbonyl (C=O) groups excluding carboxylic acids is 1. The summed E-state index contributed by atoms with van der Waals surface area (Å²) >= 11 is 11.8. The van der Waals surface area contributed by atoms with Crippen LogP contribution < -0.4 is 10.1 Å². The first kappa shape index (κ1) is 18.2. The van der Waals surface area contributed by atoms with Crippen molar-refractivity contribution >= 4 is 34.8 Å². The first-order valence-electron chi connectivity index (χ1n) is 7.67. The van der Waals surface area contributed by atoms with Crippen LogP contribution in [0, 0.1) is 6.92 Å². The molecule has 2 heterocycles. The number of nitrogens with one attached hydrogen (secondary N) is 1. The average molecular weight is 393 g/mol. The predicted molar refractivity (Wildman–Crippen MR) is 96.8 cm³/mol. The fraction of sp³-hybridized carbons (Fsp3) is 0.176. The van der Waals surface area contributed by atoms with Gasteiger partial charge in [-0.05, 0) is 37.3 Å². The SMILES string of the molecule is Cc1noc(CCC(=O)Nc2ccc(Oc3ncc(Cl)cc3Cl)cc2)n1. The van der Waals surface area contributed by atoms with Crippen LogP contribution >= 0.6 is 23.2 Å². The highest BCUT2D eigenvalue weighted by atomic mass is 35.5.